The molecule has 0 radical (unpaired) electrons. The van der Waals surface area contributed by atoms with Gasteiger partial charge in [-0.2, -0.15) is 13.2 Å². The third kappa shape index (κ3) is 6.63. The van der Waals surface area contributed by atoms with Crippen LogP contribution >= 0.6 is 0 Å². The molecule has 0 aromatic heterocycles. The van der Waals surface area contributed by atoms with Gasteiger partial charge in [-0.3, -0.25) is 4.90 Å². The molecule has 24 heavy (non-hydrogen) atoms. The van der Waals surface area contributed by atoms with E-state index in [-0.39, 0.29) is 0 Å². The highest BCUT2D eigenvalue weighted by Gasteiger charge is 2.38. The Morgan fingerprint density at radius 2 is 1.75 bits per heavy atom. The van der Waals surface area contributed by atoms with Crippen LogP contribution in [0.5, 0.6) is 11.5 Å². The third-order valence-corrected chi connectivity index (χ3v) is 3.31. The van der Waals surface area contributed by atoms with E-state index < -0.39 is 12.1 Å². The number of nitrogens with one attached hydrogen (secondary N) is 1. The number of rotatable bonds is 4. The molecule has 0 aliphatic carbocycles. The summed E-state index contributed by atoms with van der Waals surface area (Å²) in [7, 11) is 3.33. The van der Waals surface area contributed by atoms with Crippen LogP contribution in [0.2, 0.25) is 0 Å². The van der Waals surface area contributed by atoms with Crippen molar-refractivity contribution >= 4 is 5.97 Å². The Morgan fingerprint density at radius 1 is 1.21 bits per heavy atom. The number of methoxy groups -OCH3 is 2. The van der Waals surface area contributed by atoms with E-state index in [1.807, 2.05) is 6.07 Å². The molecule has 9 heteroatoms. The Kier molecular flexibility index (Phi) is 7.80. The molecule has 0 atom stereocenters. The van der Waals surface area contributed by atoms with E-state index in [1.165, 1.54) is 5.56 Å². The molecule has 1 aliphatic rings. The van der Waals surface area contributed by atoms with Crippen molar-refractivity contribution in [1.29, 1.82) is 0 Å². The van der Waals surface area contributed by atoms with Crippen molar-refractivity contribution in [2.24, 2.45) is 0 Å². The first kappa shape index (κ1) is 20.0. The highest BCUT2D eigenvalue weighted by Crippen LogP contribution is 2.28. The molecule has 0 saturated carbocycles. The molecule has 0 unspecified atom stereocenters. The first-order valence-electron chi connectivity index (χ1n) is 7.22. The van der Waals surface area contributed by atoms with Gasteiger partial charge in [0.05, 0.1) is 14.2 Å². The summed E-state index contributed by atoms with van der Waals surface area (Å²) in [5, 5.41) is 10.5. The first-order chi connectivity index (χ1) is 11.3. The number of carboxylic acid groups (broad SMARTS) is 1. The van der Waals surface area contributed by atoms with Gasteiger partial charge >= 0.3 is 12.1 Å². The largest absolute Gasteiger partial charge is 0.493 e. The lowest BCUT2D eigenvalue weighted by Crippen LogP contribution is -2.42. The summed E-state index contributed by atoms with van der Waals surface area (Å²) in [6, 6.07) is 6.13. The van der Waals surface area contributed by atoms with Crippen LogP contribution in [0.4, 0.5) is 13.2 Å². The number of aliphatic carboxylic acids is 1. The van der Waals surface area contributed by atoms with Gasteiger partial charge in [0.1, 0.15) is 0 Å². The van der Waals surface area contributed by atoms with Gasteiger partial charge in [0.15, 0.2) is 11.5 Å². The smallest absolute Gasteiger partial charge is 0.490 e. The predicted molar refractivity (Wildman–Crippen MR) is 81.4 cm³/mol. The maximum absolute atomic E-state index is 10.6. The molecule has 1 aromatic rings. The molecular formula is C15H21F3N2O4. The zero-order valence-electron chi connectivity index (χ0n) is 13.5. The molecule has 0 bridgehead atoms. The minimum Gasteiger partial charge on any atom is -0.493 e. The van der Waals surface area contributed by atoms with E-state index in [1.54, 1.807) is 14.2 Å². The van der Waals surface area contributed by atoms with Crippen molar-refractivity contribution in [2.45, 2.75) is 12.7 Å². The highest BCUT2D eigenvalue weighted by molar-refractivity contribution is 5.73. The summed E-state index contributed by atoms with van der Waals surface area (Å²) in [4.78, 5) is 11.3. The second-order valence-electron chi connectivity index (χ2n) is 5.02. The van der Waals surface area contributed by atoms with Gasteiger partial charge in [0.25, 0.3) is 0 Å². The fourth-order valence-corrected chi connectivity index (χ4v) is 2.11. The van der Waals surface area contributed by atoms with Gasteiger partial charge in [-0.15, -0.1) is 0 Å². The minimum atomic E-state index is -5.08. The summed E-state index contributed by atoms with van der Waals surface area (Å²) in [6.07, 6.45) is -5.08. The van der Waals surface area contributed by atoms with E-state index in [4.69, 9.17) is 19.4 Å². The molecule has 1 heterocycles. The fourth-order valence-electron chi connectivity index (χ4n) is 2.11. The summed E-state index contributed by atoms with van der Waals surface area (Å²) in [5.74, 6) is -1.16. The van der Waals surface area contributed by atoms with Gasteiger partial charge in [0.2, 0.25) is 0 Å². The molecule has 2 N–H and O–H groups in total. The fraction of sp³-hybridized carbons (Fsp3) is 0.533. The standard InChI is InChI=1S/C13H20N2O2.C2HF3O2/c1-16-12-4-3-11(9-13(12)17-2)10-15-7-5-14-6-8-15;3-2(4,5)1(6)7/h3-4,9,14H,5-8,10H2,1-2H3;(H,6,7). The summed E-state index contributed by atoms with van der Waals surface area (Å²) in [5.41, 5.74) is 1.27. The maximum atomic E-state index is 10.6. The van der Waals surface area contributed by atoms with Crippen LogP contribution in [-0.2, 0) is 11.3 Å². The van der Waals surface area contributed by atoms with Gasteiger partial charge in [-0.25, -0.2) is 4.79 Å². The van der Waals surface area contributed by atoms with Crippen LogP contribution in [0.3, 0.4) is 0 Å². The van der Waals surface area contributed by atoms with Crippen LogP contribution < -0.4 is 14.8 Å². The Balaban J connectivity index is 0.000000351. The molecule has 1 saturated heterocycles. The lowest BCUT2D eigenvalue weighted by molar-refractivity contribution is -0.192. The van der Waals surface area contributed by atoms with E-state index >= 15 is 0 Å². The Bertz CT molecular complexity index is 532. The lowest BCUT2D eigenvalue weighted by Gasteiger charge is -2.27. The number of nitrogens with zero attached hydrogens (tertiary/aromatic N) is 1. The van der Waals surface area contributed by atoms with E-state index in [0.29, 0.717) is 0 Å². The molecule has 1 fully saturated rings. The predicted octanol–water partition coefficient (Wildman–Crippen LogP) is 1.74. The maximum Gasteiger partial charge on any atom is 0.490 e. The SMILES string of the molecule is COc1ccc(CN2CCNCC2)cc1OC.O=C(O)C(F)(F)F. The molecule has 0 amide bonds. The average Bonchev–Trinajstić information content (AvgIpc) is 2.55. The van der Waals surface area contributed by atoms with Crippen LogP contribution in [0.15, 0.2) is 18.2 Å². The molecular weight excluding hydrogens is 329 g/mol. The summed E-state index contributed by atoms with van der Waals surface area (Å²) in [6.45, 7) is 5.34. The molecule has 1 aromatic carbocycles. The topological polar surface area (TPSA) is 71.0 Å². The zero-order valence-corrected chi connectivity index (χ0v) is 13.5. The highest BCUT2D eigenvalue weighted by atomic mass is 19.4. The zero-order chi connectivity index (χ0) is 18.2. The first-order valence-corrected chi connectivity index (χ1v) is 7.22. The number of alkyl halides is 3. The summed E-state index contributed by atoms with van der Waals surface area (Å²) >= 11 is 0. The number of benzene rings is 1. The van der Waals surface area contributed by atoms with Gasteiger partial charge in [0, 0.05) is 32.7 Å². The number of hydrogen-bond acceptors (Lipinski definition) is 5. The Morgan fingerprint density at radius 3 is 2.21 bits per heavy atom. The molecule has 1 aliphatic heterocycles. The molecule has 6 nitrogen and oxygen atoms in total. The number of ether oxygens (including phenoxy) is 2. The van der Waals surface area contributed by atoms with Crippen LogP contribution in [0, 0.1) is 0 Å². The monoisotopic (exact) mass is 350 g/mol. The number of carbonyl (C=O) groups is 1. The Hall–Kier alpha value is -2.00. The van der Waals surface area contributed by atoms with Crippen molar-refractivity contribution in [1.82, 2.24) is 10.2 Å². The van der Waals surface area contributed by atoms with Gasteiger partial charge < -0.3 is 19.9 Å². The molecule has 0 spiro atoms. The number of hydrogen-bond donors (Lipinski definition) is 2. The normalized spacial score (nSPS) is 15.2. The second-order valence-corrected chi connectivity index (χ2v) is 5.02. The van der Waals surface area contributed by atoms with E-state index in [9.17, 15) is 13.2 Å². The van der Waals surface area contributed by atoms with Gasteiger partial charge in [-0.1, -0.05) is 6.07 Å². The third-order valence-electron chi connectivity index (χ3n) is 3.31. The van der Waals surface area contributed by atoms with Gasteiger partial charge in [-0.05, 0) is 17.7 Å². The lowest BCUT2D eigenvalue weighted by atomic mass is 10.1. The second kappa shape index (κ2) is 9.33. The van der Waals surface area contributed by atoms with Crippen LogP contribution in [0.1, 0.15) is 5.56 Å². The van der Waals surface area contributed by atoms with E-state index in [2.05, 4.69) is 22.3 Å². The minimum absolute atomic E-state index is 0.788. The van der Waals surface area contributed by atoms with Crippen molar-refractivity contribution in [3.05, 3.63) is 23.8 Å². The average molecular weight is 350 g/mol. The van der Waals surface area contributed by atoms with E-state index in [0.717, 1.165) is 44.2 Å². The number of piperazine rings is 1. The molecule has 2 rings (SSSR count). The van der Waals surface area contributed by atoms with Crippen molar-refractivity contribution in [2.75, 3.05) is 40.4 Å². The quantitative estimate of drug-likeness (QED) is 0.862. The van der Waals surface area contributed by atoms with Crippen LogP contribution in [0.25, 0.3) is 0 Å². The number of halogens is 3. The van der Waals surface area contributed by atoms with Crippen LogP contribution in [-0.4, -0.2) is 62.6 Å². The molecule has 136 valence electrons. The Labute approximate surface area is 138 Å². The van der Waals surface area contributed by atoms with Crippen molar-refractivity contribution in [3.8, 4) is 11.5 Å². The van der Waals surface area contributed by atoms with Crippen molar-refractivity contribution in [3.63, 3.8) is 0 Å². The summed E-state index contributed by atoms with van der Waals surface area (Å²) < 4.78 is 42.3. The number of carboxylic acids is 1. The van der Waals surface area contributed by atoms with Crippen molar-refractivity contribution < 1.29 is 32.5 Å².